The third-order valence-electron chi connectivity index (χ3n) is 2.78. The SMILES string of the molecule is CN1CCN(C(=O)CBr)CC1(C)C. The Morgan fingerprint density at radius 2 is 2.08 bits per heavy atom. The Morgan fingerprint density at radius 3 is 2.54 bits per heavy atom. The van der Waals surface area contributed by atoms with E-state index in [9.17, 15) is 4.79 Å². The number of halogens is 1. The molecule has 0 aromatic carbocycles. The van der Waals surface area contributed by atoms with Crippen molar-refractivity contribution in [1.82, 2.24) is 9.80 Å². The van der Waals surface area contributed by atoms with Crippen LogP contribution in [-0.2, 0) is 4.79 Å². The fourth-order valence-electron chi connectivity index (χ4n) is 1.54. The minimum atomic E-state index is 0.107. The van der Waals surface area contributed by atoms with Crippen molar-refractivity contribution in [3.8, 4) is 0 Å². The summed E-state index contributed by atoms with van der Waals surface area (Å²) in [6, 6.07) is 0. The number of hydrogen-bond acceptors (Lipinski definition) is 2. The second-order valence-electron chi connectivity index (χ2n) is 4.18. The highest BCUT2D eigenvalue weighted by Gasteiger charge is 2.32. The third-order valence-corrected chi connectivity index (χ3v) is 3.26. The fraction of sp³-hybridized carbons (Fsp3) is 0.889. The van der Waals surface area contributed by atoms with Gasteiger partial charge in [-0.05, 0) is 20.9 Å². The Labute approximate surface area is 88.2 Å². The number of alkyl halides is 1. The smallest absolute Gasteiger partial charge is 0.233 e. The molecular weight excluding hydrogens is 232 g/mol. The zero-order valence-electron chi connectivity index (χ0n) is 8.51. The van der Waals surface area contributed by atoms with Gasteiger partial charge in [0, 0.05) is 25.2 Å². The van der Waals surface area contributed by atoms with Gasteiger partial charge in [-0.1, -0.05) is 15.9 Å². The lowest BCUT2D eigenvalue weighted by atomic mass is 10.00. The summed E-state index contributed by atoms with van der Waals surface area (Å²) < 4.78 is 0. The molecule has 1 heterocycles. The average Bonchev–Trinajstić information content (AvgIpc) is 2.08. The standard InChI is InChI=1S/C9H17BrN2O/c1-9(2)7-12(8(13)6-10)5-4-11(9)3/h4-7H2,1-3H3. The number of rotatable bonds is 1. The molecule has 0 aromatic heterocycles. The molecule has 1 saturated heterocycles. The number of piperazine rings is 1. The molecule has 0 N–H and O–H groups in total. The van der Waals surface area contributed by atoms with E-state index in [1.54, 1.807) is 0 Å². The molecule has 0 unspecified atom stereocenters. The molecule has 0 saturated carbocycles. The summed E-state index contributed by atoms with van der Waals surface area (Å²) in [7, 11) is 2.11. The van der Waals surface area contributed by atoms with Crippen LogP contribution >= 0.6 is 15.9 Å². The first-order valence-electron chi connectivity index (χ1n) is 4.52. The van der Waals surface area contributed by atoms with Crippen LogP contribution < -0.4 is 0 Å². The molecule has 1 aliphatic rings. The molecule has 1 rings (SSSR count). The van der Waals surface area contributed by atoms with Crippen LogP contribution in [0.1, 0.15) is 13.8 Å². The highest BCUT2D eigenvalue weighted by Crippen LogP contribution is 2.18. The van der Waals surface area contributed by atoms with Crippen LogP contribution in [-0.4, -0.2) is 53.3 Å². The molecule has 3 nitrogen and oxygen atoms in total. The molecule has 4 heteroatoms. The predicted octanol–water partition coefficient (Wildman–Crippen LogP) is 0.934. The van der Waals surface area contributed by atoms with Crippen molar-refractivity contribution in [2.24, 2.45) is 0 Å². The van der Waals surface area contributed by atoms with Crippen molar-refractivity contribution >= 4 is 21.8 Å². The maximum atomic E-state index is 11.4. The van der Waals surface area contributed by atoms with Crippen LogP contribution in [0.4, 0.5) is 0 Å². The summed E-state index contributed by atoms with van der Waals surface area (Å²) in [4.78, 5) is 15.6. The first-order chi connectivity index (χ1) is 5.97. The van der Waals surface area contributed by atoms with Crippen LogP contribution in [0.5, 0.6) is 0 Å². The highest BCUT2D eigenvalue weighted by atomic mass is 79.9. The largest absolute Gasteiger partial charge is 0.339 e. The zero-order chi connectivity index (χ0) is 10.1. The molecule has 0 aromatic rings. The van der Waals surface area contributed by atoms with E-state index in [1.165, 1.54) is 0 Å². The number of carbonyl (C=O) groups excluding carboxylic acids is 1. The van der Waals surface area contributed by atoms with Gasteiger partial charge in [-0.2, -0.15) is 0 Å². The van der Waals surface area contributed by atoms with Gasteiger partial charge in [0.05, 0.1) is 5.33 Å². The fourth-order valence-corrected chi connectivity index (χ4v) is 1.89. The minimum Gasteiger partial charge on any atom is -0.339 e. The molecule has 1 fully saturated rings. The number of likely N-dealkylation sites (N-methyl/N-ethyl adjacent to an activating group) is 1. The molecule has 1 aliphatic heterocycles. The molecule has 0 bridgehead atoms. The second kappa shape index (κ2) is 3.96. The minimum absolute atomic E-state index is 0.107. The van der Waals surface area contributed by atoms with Gasteiger partial charge >= 0.3 is 0 Å². The highest BCUT2D eigenvalue weighted by molar-refractivity contribution is 9.09. The summed E-state index contributed by atoms with van der Waals surface area (Å²) >= 11 is 3.20. The van der Waals surface area contributed by atoms with Gasteiger partial charge in [0.1, 0.15) is 0 Å². The lowest BCUT2D eigenvalue weighted by Crippen LogP contribution is -2.59. The van der Waals surface area contributed by atoms with Crippen LogP contribution in [0.25, 0.3) is 0 Å². The van der Waals surface area contributed by atoms with Gasteiger partial charge in [0.25, 0.3) is 0 Å². The summed E-state index contributed by atoms with van der Waals surface area (Å²) in [5.74, 6) is 0.196. The van der Waals surface area contributed by atoms with E-state index in [2.05, 4.69) is 41.7 Å². The van der Waals surface area contributed by atoms with Crippen molar-refractivity contribution in [3.05, 3.63) is 0 Å². The van der Waals surface area contributed by atoms with Crippen molar-refractivity contribution < 1.29 is 4.79 Å². The molecule has 0 aliphatic carbocycles. The summed E-state index contributed by atoms with van der Waals surface area (Å²) in [6.45, 7) is 6.98. The van der Waals surface area contributed by atoms with Gasteiger partial charge in [-0.3, -0.25) is 9.69 Å². The molecular formula is C9H17BrN2O. The lowest BCUT2D eigenvalue weighted by Gasteiger charge is -2.45. The normalized spacial score (nSPS) is 23.2. The van der Waals surface area contributed by atoms with Crippen LogP contribution in [0.3, 0.4) is 0 Å². The van der Waals surface area contributed by atoms with E-state index in [0.717, 1.165) is 19.6 Å². The van der Waals surface area contributed by atoms with Crippen molar-refractivity contribution in [1.29, 1.82) is 0 Å². The zero-order valence-corrected chi connectivity index (χ0v) is 10.1. The van der Waals surface area contributed by atoms with Gasteiger partial charge in [-0.25, -0.2) is 0 Å². The Kier molecular flexibility index (Phi) is 3.35. The summed E-state index contributed by atoms with van der Waals surface area (Å²) in [5.41, 5.74) is 0.107. The second-order valence-corrected chi connectivity index (χ2v) is 4.74. The van der Waals surface area contributed by atoms with E-state index in [4.69, 9.17) is 0 Å². The van der Waals surface area contributed by atoms with E-state index in [0.29, 0.717) is 5.33 Å². The van der Waals surface area contributed by atoms with Crippen molar-refractivity contribution in [3.63, 3.8) is 0 Å². The summed E-state index contributed by atoms with van der Waals surface area (Å²) in [6.07, 6.45) is 0. The van der Waals surface area contributed by atoms with E-state index in [1.807, 2.05) is 4.90 Å². The van der Waals surface area contributed by atoms with Crippen molar-refractivity contribution in [2.45, 2.75) is 19.4 Å². The Morgan fingerprint density at radius 1 is 1.46 bits per heavy atom. The van der Waals surface area contributed by atoms with Crippen LogP contribution in [0, 0.1) is 0 Å². The number of nitrogens with zero attached hydrogens (tertiary/aromatic N) is 2. The Balaban J connectivity index is 2.60. The Bertz CT molecular complexity index is 206. The Hall–Kier alpha value is -0.0900. The maximum absolute atomic E-state index is 11.4. The van der Waals surface area contributed by atoms with E-state index >= 15 is 0 Å². The van der Waals surface area contributed by atoms with Gasteiger partial charge in [0.2, 0.25) is 5.91 Å². The topological polar surface area (TPSA) is 23.6 Å². The summed E-state index contributed by atoms with van der Waals surface area (Å²) in [5, 5.41) is 0.437. The average molecular weight is 249 g/mol. The van der Waals surface area contributed by atoms with Gasteiger partial charge < -0.3 is 4.90 Å². The molecule has 0 radical (unpaired) electrons. The first kappa shape index (κ1) is 11.0. The monoisotopic (exact) mass is 248 g/mol. The predicted molar refractivity (Wildman–Crippen MR) is 57.1 cm³/mol. The van der Waals surface area contributed by atoms with Crippen LogP contribution in [0.15, 0.2) is 0 Å². The lowest BCUT2D eigenvalue weighted by molar-refractivity contribution is -0.132. The van der Waals surface area contributed by atoms with Crippen LogP contribution in [0.2, 0.25) is 0 Å². The number of carbonyl (C=O) groups is 1. The molecule has 76 valence electrons. The molecule has 1 amide bonds. The number of hydrogen-bond donors (Lipinski definition) is 0. The van der Waals surface area contributed by atoms with Gasteiger partial charge in [0.15, 0.2) is 0 Å². The molecule has 13 heavy (non-hydrogen) atoms. The molecule has 0 spiro atoms. The third kappa shape index (κ3) is 2.44. The molecule has 0 atom stereocenters. The van der Waals surface area contributed by atoms with Gasteiger partial charge in [-0.15, -0.1) is 0 Å². The maximum Gasteiger partial charge on any atom is 0.233 e. The van der Waals surface area contributed by atoms with E-state index < -0.39 is 0 Å². The van der Waals surface area contributed by atoms with E-state index in [-0.39, 0.29) is 11.4 Å². The quantitative estimate of drug-likeness (QED) is 0.645. The van der Waals surface area contributed by atoms with Crippen molar-refractivity contribution in [2.75, 3.05) is 32.0 Å². The number of amides is 1. The first-order valence-corrected chi connectivity index (χ1v) is 5.64.